The molecule has 108 valence electrons. The first-order valence-electron chi connectivity index (χ1n) is 6.18. The lowest BCUT2D eigenvalue weighted by molar-refractivity contribution is -0.139. The van der Waals surface area contributed by atoms with Crippen molar-refractivity contribution in [3.8, 4) is 0 Å². The van der Waals surface area contributed by atoms with Crippen LogP contribution in [0.5, 0.6) is 0 Å². The first-order valence-corrected chi connectivity index (χ1v) is 7.33. The fourth-order valence-electron chi connectivity index (χ4n) is 1.66. The van der Waals surface area contributed by atoms with Gasteiger partial charge in [0.1, 0.15) is 16.1 Å². The van der Waals surface area contributed by atoms with Crippen LogP contribution in [0.1, 0.15) is 32.6 Å². The number of furan rings is 1. The summed E-state index contributed by atoms with van der Waals surface area (Å²) in [5, 5.41) is 10.1. The van der Waals surface area contributed by atoms with Crippen LogP contribution in [0.2, 0.25) is 0 Å². The van der Waals surface area contributed by atoms with Crippen molar-refractivity contribution in [1.29, 1.82) is 0 Å². The van der Waals surface area contributed by atoms with Crippen LogP contribution in [0.4, 0.5) is 0 Å². The Bertz CT molecular complexity index is 584. The van der Waals surface area contributed by atoms with Gasteiger partial charge in [-0.05, 0) is 32.9 Å². The number of nitrogens with one attached hydrogen (secondary N) is 1. The van der Waals surface area contributed by atoms with Gasteiger partial charge >= 0.3 is 5.97 Å². The largest absolute Gasteiger partial charge is 0.598 e. The van der Waals surface area contributed by atoms with Crippen molar-refractivity contribution in [2.45, 2.75) is 31.6 Å². The average molecular weight is 295 g/mol. The first kappa shape index (κ1) is 14.9. The van der Waals surface area contributed by atoms with E-state index in [-0.39, 0.29) is 5.76 Å². The summed E-state index contributed by atoms with van der Waals surface area (Å²) >= 11 is -1.50. The highest BCUT2D eigenvalue weighted by molar-refractivity contribution is 7.90. The summed E-state index contributed by atoms with van der Waals surface area (Å²) in [6.07, 6.45) is 0. The summed E-state index contributed by atoms with van der Waals surface area (Å²) < 4.78 is 19.6. The maximum atomic E-state index is 12.1. The van der Waals surface area contributed by atoms with E-state index < -0.39 is 28.1 Å². The van der Waals surface area contributed by atoms with Gasteiger partial charge in [0, 0.05) is 16.7 Å². The molecule has 0 fully saturated rings. The average Bonchev–Trinajstić information content (AvgIpc) is 2.77. The van der Waals surface area contributed by atoms with Crippen molar-refractivity contribution in [1.82, 2.24) is 4.72 Å². The zero-order chi connectivity index (χ0) is 14.9. The van der Waals surface area contributed by atoms with Crippen molar-refractivity contribution in [3.63, 3.8) is 0 Å². The smallest absolute Gasteiger partial charge is 0.333 e. The number of para-hydroxylation sites is 1. The van der Waals surface area contributed by atoms with E-state index in [1.165, 1.54) is 0 Å². The molecular formula is C14H17NO4S. The maximum absolute atomic E-state index is 12.1. The molecule has 2 aromatic rings. The number of rotatable bonds is 4. The molecule has 0 radical (unpaired) electrons. The van der Waals surface area contributed by atoms with Gasteiger partial charge in [-0.1, -0.05) is 18.2 Å². The lowest BCUT2D eigenvalue weighted by atomic mass is 10.2. The van der Waals surface area contributed by atoms with Gasteiger partial charge in [-0.25, -0.2) is 4.79 Å². The third-order valence-corrected chi connectivity index (χ3v) is 4.32. The number of carboxylic acids is 1. The normalized spacial score (nSPS) is 15.2. The molecule has 2 atom stereocenters. The number of hydrogen-bond acceptors (Lipinski definition) is 4. The van der Waals surface area contributed by atoms with Gasteiger partial charge in [-0.3, -0.25) is 0 Å². The molecule has 1 aromatic heterocycles. The van der Waals surface area contributed by atoms with Crippen molar-refractivity contribution in [3.05, 3.63) is 36.1 Å². The summed E-state index contributed by atoms with van der Waals surface area (Å²) in [6, 6.07) is 7.77. The lowest BCUT2D eigenvalue weighted by Crippen LogP contribution is -2.43. The number of carboxylic acid groups (broad SMARTS) is 1. The van der Waals surface area contributed by atoms with Gasteiger partial charge < -0.3 is 14.1 Å². The number of fused-ring (bicyclic) bond motifs is 1. The summed E-state index contributed by atoms with van der Waals surface area (Å²) in [5.41, 5.74) is 0.608. The Hall–Kier alpha value is -1.50. The Morgan fingerprint density at radius 2 is 2.05 bits per heavy atom. The summed E-state index contributed by atoms with van der Waals surface area (Å²) in [7, 11) is 0. The molecule has 1 aromatic carbocycles. The lowest BCUT2D eigenvalue weighted by Gasteiger charge is -2.25. The summed E-state index contributed by atoms with van der Waals surface area (Å²) in [6.45, 7) is 5.31. The Balaban J connectivity index is 2.31. The molecule has 20 heavy (non-hydrogen) atoms. The number of benzene rings is 1. The van der Waals surface area contributed by atoms with Gasteiger partial charge in [0.25, 0.3) is 0 Å². The zero-order valence-electron chi connectivity index (χ0n) is 11.5. The van der Waals surface area contributed by atoms with Crippen LogP contribution in [0.25, 0.3) is 11.0 Å². The molecule has 0 aliphatic rings. The standard InChI is InChI=1S/C14H17NO4S/c1-14(2,3)20(18)15-12(13(16)17)11-8-9-6-4-5-7-10(9)19-11/h4-8,12,15H,1-3H3,(H,16,17)/t12-,20-/m0/s1. The number of aliphatic carboxylic acids is 1. The molecule has 0 saturated heterocycles. The van der Waals surface area contributed by atoms with Crippen molar-refractivity contribution < 1.29 is 18.9 Å². The van der Waals surface area contributed by atoms with Crippen LogP contribution in [-0.4, -0.2) is 20.4 Å². The molecule has 2 rings (SSSR count). The molecule has 0 aliphatic heterocycles. The minimum absolute atomic E-state index is 0.247. The fraction of sp³-hybridized carbons (Fsp3) is 0.357. The number of carbonyl (C=O) groups is 1. The Morgan fingerprint density at radius 1 is 1.40 bits per heavy atom. The highest BCUT2D eigenvalue weighted by Crippen LogP contribution is 2.26. The van der Waals surface area contributed by atoms with Crippen LogP contribution < -0.4 is 4.72 Å². The fourth-order valence-corrected chi connectivity index (χ4v) is 2.44. The maximum Gasteiger partial charge on any atom is 0.333 e. The van der Waals surface area contributed by atoms with Crippen LogP contribution in [0.3, 0.4) is 0 Å². The monoisotopic (exact) mass is 295 g/mol. The number of hydrogen-bond donors (Lipinski definition) is 2. The van der Waals surface area contributed by atoms with Crippen LogP contribution in [-0.2, 0) is 16.2 Å². The van der Waals surface area contributed by atoms with Gasteiger partial charge in [-0.2, -0.15) is 0 Å². The SMILES string of the molecule is CC(C)(C)[S@+]([O-])N[C@H](C(=O)O)c1cc2ccccc2o1. The second-order valence-electron chi connectivity index (χ2n) is 5.46. The van der Waals surface area contributed by atoms with E-state index in [9.17, 15) is 14.5 Å². The topological polar surface area (TPSA) is 85.5 Å². The molecule has 0 spiro atoms. The molecule has 1 heterocycles. The third kappa shape index (κ3) is 3.15. The zero-order valence-corrected chi connectivity index (χ0v) is 12.4. The van der Waals surface area contributed by atoms with Crippen LogP contribution in [0, 0.1) is 0 Å². The highest BCUT2D eigenvalue weighted by atomic mass is 32.2. The minimum Gasteiger partial charge on any atom is -0.598 e. The van der Waals surface area contributed by atoms with Crippen molar-refractivity contribution >= 4 is 28.3 Å². The summed E-state index contributed by atoms with van der Waals surface area (Å²) in [4.78, 5) is 11.4. The molecule has 6 heteroatoms. The molecule has 0 amide bonds. The van der Waals surface area contributed by atoms with Gasteiger partial charge in [-0.15, -0.1) is 4.72 Å². The van der Waals surface area contributed by atoms with Crippen molar-refractivity contribution in [2.24, 2.45) is 0 Å². The van der Waals surface area contributed by atoms with E-state index in [4.69, 9.17) is 4.42 Å². The summed E-state index contributed by atoms with van der Waals surface area (Å²) in [5.74, 6) is -0.877. The molecule has 5 nitrogen and oxygen atoms in total. The highest BCUT2D eigenvalue weighted by Gasteiger charge is 2.34. The van der Waals surface area contributed by atoms with Crippen LogP contribution >= 0.6 is 0 Å². The second kappa shape index (κ2) is 5.47. The molecule has 0 aliphatic carbocycles. The van der Waals surface area contributed by atoms with Crippen LogP contribution in [0.15, 0.2) is 34.7 Å². The Labute approximate surface area is 120 Å². The second-order valence-corrected chi connectivity index (χ2v) is 7.45. The van der Waals surface area contributed by atoms with E-state index in [1.807, 2.05) is 18.2 Å². The van der Waals surface area contributed by atoms with E-state index in [2.05, 4.69) is 4.72 Å². The van der Waals surface area contributed by atoms with Gasteiger partial charge in [0.05, 0.1) is 0 Å². The molecule has 0 saturated carbocycles. The van der Waals surface area contributed by atoms with Gasteiger partial charge in [0.15, 0.2) is 0 Å². The van der Waals surface area contributed by atoms with E-state index >= 15 is 0 Å². The third-order valence-electron chi connectivity index (χ3n) is 2.76. The van der Waals surface area contributed by atoms with E-state index in [0.717, 1.165) is 5.39 Å². The molecule has 2 N–H and O–H groups in total. The predicted octanol–water partition coefficient (Wildman–Crippen LogP) is 2.61. The molecule has 0 unspecified atom stereocenters. The molecular weight excluding hydrogens is 278 g/mol. The van der Waals surface area contributed by atoms with Crippen molar-refractivity contribution in [2.75, 3.05) is 0 Å². The first-order chi connectivity index (χ1) is 9.29. The Kier molecular flexibility index (Phi) is 4.08. The predicted molar refractivity (Wildman–Crippen MR) is 77.6 cm³/mol. The van der Waals surface area contributed by atoms with E-state index in [1.54, 1.807) is 32.9 Å². The minimum atomic E-state index is -1.50. The quantitative estimate of drug-likeness (QED) is 0.847. The van der Waals surface area contributed by atoms with Gasteiger partial charge in [0.2, 0.25) is 6.04 Å². The van der Waals surface area contributed by atoms with E-state index in [0.29, 0.717) is 5.58 Å². The molecule has 0 bridgehead atoms. The Morgan fingerprint density at radius 3 is 2.60 bits per heavy atom.